The van der Waals surface area contributed by atoms with Crippen molar-refractivity contribution in [2.45, 2.75) is 4.90 Å². The van der Waals surface area contributed by atoms with Gasteiger partial charge in [-0.25, -0.2) is 8.42 Å². The molecule has 7 heteroatoms. The van der Waals surface area contributed by atoms with E-state index in [2.05, 4.69) is 0 Å². The molecule has 0 aliphatic rings. The van der Waals surface area contributed by atoms with Gasteiger partial charge in [-0.1, -0.05) is 11.6 Å². The Morgan fingerprint density at radius 3 is 2.31 bits per heavy atom. The predicted octanol–water partition coefficient (Wildman–Crippen LogP) is -2.17. The van der Waals surface area contributed by atoms with Crippen molar-refractivity contribution in [1.82, 2.24) is 0 Å². The Balaban J connectivity index is 0.00000144. The van der Waals surface area contributed by atoms with E-state index in [4.69, 9.17) is 17.3 Å². The van der Waals surface area contributed by atoms with Gasteiger partial charge in [-0.15, -0.1) is 0 Å². The molecular weight excluding hydrogens is 225 g/mol. The summed E-state index contributed by atoms with van der Waals surface area (Å²) in [6.07, 6.45) is 0. The molecule has 0 heterocycles. The Hall–Kier alpha value is 0.220. The maximum absolute atomic E-state index is 10.5. The molecule has 0 saturated heterocycles. The maximum Gasteiger partial charge on any atom is 1.00 e. The summed E-state index contributed by atoms with van der Waals surface area (Å²) in [4.78, 5) is -0.482. The van der Waals surface area contributed by atoms with Gasteiger partial charge in [0.2, 0.25) is 0 Å². The Labute approximate surface area is 103 Å². The first-order valence-electron chi connectivity index (χ1n) is 2.92. The van der Waals surface area contributed by atoms with E-state index in [-0.39, 0.29) is 40.3 Å². The molecule has 0 atom stereocenters. The fourth-order valence-corrected chi connectivity index (χ4v) is 1.70. The van der Waals surface area contributed by atoms with Crippen molar-refractivity contribution in [3.8, 4) is 0 Å². The normalized spacial score (nSPS) is 10.6. The molecule has 0 bridgehead atoms. The van der Waals surface area contributed by atoms with Gasteiger partial charge < -0.3 is 10.3 Å². The first-order chi connectivity index (χ1) is 5.41. The van der Waals surface area contributed by atoms with Crippen LogP contribution in [0.2, 0.25) is 5.02 Å². The van der Waals surface area contributed by atoms with Gasteiger partial charge in [0.25, 0.3) is 0 Å². The molecule has 0 radical (unpaired) electrons. The number of nitrogen functional groups attached to an aromatic ring is 1. The van der Waals surface area contributed by atoms with Crippen molar-refractivity contribution in [3.63, 3.8) is 0 Å². The second-order valence-corrected chi connectivity index (χ2v) is 3.90. The molecule has 0 amide bonds. The van der Waals surface area contributed by atoms with Crippen molar-refractivity contribution >= 4 is 27.4 Å². The van der Waals surface area contributed by atoms with E-state index in [1.54, 1.807) is 0 Å². The van der Waals surface area contributed by atoms with E-state index < -0.39 is 15.0 Å². The van der Waals surface area contributed by atoms with Gasteiger partial charge >= 0.3 is 29.6 Å². The molecule has 0 unspecified atom stereocenters. The van der Waals surface area contributed by atoms with Gasteiger partial charge in [0.15, 0.2) is 0 Å². The van der Waals surface area contributed by atoms with Crippen LogP contribution < -0.4 is 35.3 Å². The van der Waals surface area contributed by atoms with Crippen LogP contribution in [0.25, 0.3) is 0 Å². The minimum absolute atomic E-state index is 0. The number of hydrogen-bond donors (Lipinski definition) is 1. The van der Waals surface area contributed by atoms with Crippen molar-refractivity contribution in [1.29, 1.82) is 0 Å². The molecule has 0 saturated carbocycles. The number of nitrogens with two attached hydrogens (primary N) is 1. The first kappa shape index (κ1) is 13.2. The van der Waals surface area contributed by atoms with Gasteiger partial charge in [0.1, 0.15) is 10.1 Å². The smallest absolute Gasteiger partial charge is 0.744 e. The van der Waals surface area contributed by atoms with Crippen LogP contribution in [0.15, 0.2) is 23.1 Å². The molecule has 2 N–H and O–H groups in total. The first-order valence-corrected chi connectivity index (χ1v) is 4.71. The van der Waals surface area contributed by atoms with Gasteiger partial charge in [-0.3, -0.25) is 0 Å². The minimum atomic E-state index is -4.52. The van der Waals surface area contributed by atoms with Crippen LogP contribution in [0.3, 0.4) is 0 Å². The molecule has 4 nitrogen and oxygen atoms in total. The van der Waals surface area contributed by atoms with Gasteiger partial charge in [0, 0.05) is 5.69 Å². The average Bonchev–Trinajstić information content (AvgIpc) is 1.92. The standard InChI is InChI=1S/C6H6ClNO3S.Na/c7-5-2-1-4(8)3-6(5)12(9,10)11;/h1-3H,8H2,(H,9,10,11);/q;+1/p-1. The molecular formula is C6H5ClNNaO3S. The topological polar surface area (TPSA) is 83.2 Å². The second kappa shape index (κ2) is 4.63. The van der Waals surface area contributed by atoms with Crippen LogP contribution >= 0.6 is 11.6 Å². The number of halogens is 1. The molecule has 0 aliphatic carbocycles. The molecule has 0 aliphatic heterocycles. The van der Waals surface area contributed by atoms with Gasteiger partial charge in [-0.2, -0.15) is 0 Å². The maximum atomic E-state index is 10.5. The average molecular weight is 230 g/mol. The van der Waals surface area contributed by atoms with Crippen LogP contribution in [0.4, 0.5) is 5.69 Å². The molecule has 0 fully saturated rings. The molecule has 66 valence electrons. The summed E-state index contributed by atoms with van der Waals surface area (Å²) in [6.45, 7) is 0. The fraction of sp³-hybridized carbons (Fsp3) is 0. The van der Waals surface area contributed by atoms with E-state index in [1.807, 2.05) is 0 Å². The molecule has 1 aromatic carbocycles. The molecule has 1 rings (SSSR count). The van der Waals surface area contributed by atoms with Crippen molar-refractivity contribution in [2.75, 3.05) is 5.73 Å². The van der Waals surface area contributed by atoms with E-state index in [1.165, 1.54) is 12.1 Å². The summed E-state index contributed by atoms with van der Waals surface area (Å²) in [7, 11) is -4.52. The van der Waals surface area contributed by atoms with Crippen molar-refractivity contribution < 1.29 is 42.5 Å². The Kier molecular flexibility index (Phi) is 4.71. The Bertz CT molecular complexity index is 406. The number of rotatable bonds is 1. The van der Waals surface area contributed by atoms with Crippen LogP contribution in [0.5, 0.6) is 0 Å². The van der Waals surface area contributed by atoms with Gasteiger partial charge in [0.05, 0.1) is 9.92 Å². The second-order valence-electron chi connectivity index (χ2n) is 2.14. The summed E-state index contributed by atoms with van der Waals surface area (Å²) < 4.78 is 31.5. The predicted molar refractivity (Wildman–Crippen MR) is 43.8 cm³/mol. The van der Waals surface area contributed by atoms with Crippen LogP contribution in [0.1, 0.15) is 0 Å². The summed E-state index contributed by atoms with van der Waals surface area (Å²) >= 11 is 5.45. The van der Waals surface area contributed by atoms with E-state index in [0.29, 0.717) is 0 Å². The third-order valence-corrected chi connectivity index (χ3v) is 2.54. The zero-order valence-electron chi connectivity index (χ0n) is 6.82. The minimum Gasteiger partial charge on any atom is -0.744 e. The summed E-state index contributed by atoms with van der Waals surface area (Å²) in [5.41, 5.74) is 5.45. The Morgan fingerprint density at radius 1 is 1.38 bits per heavy atom. The molecule has 13 heavy (non-hydrogen) atoms. The Morgan fingerprint density at radius 2 is 1.92 bits per heavy atom. The largest absolute Gasteiger partial charge is 1.00 e. The van der Waals surface area contributed by atoms with E-state index in [0.717, 1.165) is 6.07 Å². The van der Waals surface area contributed by atoms with Gasteiger partial charge in [-0.05, 0) is 18.2 Å². The monoisotopic (exact) mass is 229 g/mol. The van der Waals surface area contributed by atoms with Crippen LogP contribution in [-0.4, -0.2) is 13.0 Å². The van der Waals surface area contributed by atoms with E-state index in [9.17, 15) is 13.0 Å². The van der Waals surface area contributed by atoms with E-state index >= 15 is 0 Å². The summed E-state index contributed by atoms with van der Waals surface area (Å²) in [6, 6.07) is 3.71. The zero-order valence-corrected chi connectivity index (χ0v) is 10.4. The van der Waals surface area contributed by atoms with Crippen LogP contribution in [0, 0.1) is 0 Å². The number of anilines is 1. The summed E-state index contributed by atoms with van der Waals surface area (Å²) in [5.74, 6) is 0. The van der Waals surface area contributed by atoms with Crippen LogP contribution in [-0.2, 0) is 10.1 Å². The SMILES string of the molecule is Nc1ccc(Cl)c(S(=O)(=O)[O-])c1.[Na+]. The molecule has 0 spiro atoms. The number of benzene rings is 1. The quantitative estimate of drug-likeness (QED) is 0.338. The zero-order chi connectivity index (χ0) is 9.35. The fourth-order valence-electron chi connectivity index (χ4n) is 0.712. The third-order valence-electron chi connectivity index (χ3n) is 1.22. The molecule has 1 aromatic rings. The third kappa shape index (κ3) is 3.46. The van der Waals surface area contributed by atoms with Crippen molar-refractivity contribution in [3.05, 3.63) is 23.2 Å². The summed E-state index contributed by atoms with van der Waals surface area (Å²) in [5, 5.41) is -0.112. The molecule has 0 aromatic heterocycles. The van der Waals surface area contributed by atoms with Crippen molar-refractivity contribution in [2.24, 2.45) is 0 Å². The number of hydrogen-bond acceptors (Lipinski definition) is 4.